The molecule has 2 aromatic carbocycles. The third-order valence-electron chi connectivity index (χ3n) is 3.66. The Labute approximate surface area is 142 Å². The molecule has 0 saturated carbocycles. The van der Waals surface area contributed by atoms with Gasteiger partial charge in [0.2, 0.25) is 0 Å². The van der Waals surface area contributed by atoms with Gasteiger partial charge in [-0.25, -0.2) is 0 Å². The van der Waals surface area contributed by atoms with E-state index in [-0.39, 0.29) is 11.6 Å². The highest BCUT2D eigenvalue weighted by atomic mass is 16.6. The number of carbonyl (C=O) groups excluding carboxylic acids is 1. The summed E-state index contributed by atoms with van der Waals surface area (Å²) in [4.78, 5) is 25.9. The lowest BCUT2D eigenvalue weighted by atomic mass is 9.94. The van der Waals surface area contributed by atoms with Gasteiger partial charge in [0.25, 0.3) is 11.6 Å². The van der Waals surface area contributed by atoms with Crippen LogP contribution in [0.2, 0.25) is 0 Å². The van der Waals surface area contributed by atoms with Crippen LogP contribution < -0.4 is 16.2 Å². The summed E-state index contributed by atoms with van der Waals surface area (Å²) in [6.07, 6.45) is 1.85. The maximum Gasteiger partial charge on any atom is 0.280 e. The number of hydrogen-bond acceptors (Lipinski definition) is 4. The number of nitrogens with two attached hydrogens (primary N) is 2. The molecule has 0 saturated heterocycles. The highest BCUT2D eigenvalue weighted by Crippen LogP contribution is 2.35. The molecule has 1 aliphatic heterocycles. The van der Waals surface area contributed by atoms with Gasteiger partial charge in [0.05, 0.1) is 4.92 Å². The number of nitrogens with zero attached hydrogens (tertiary/aromatic N) is 2. The summed E-state index contributed by atoms with van der Waals surface area (Å²) in [6, 6.07) is 11.1. The molecule has 1 aliphatic rings. The van der Waals surface area contributed by atoms with Crippen LogP contribution in [-0.4, -0.2) is 23.4 Å². The Morgan fingerprint density at radius 2 is 1.88 bits per heavy atom. The molecule has 4 N–H and O–H groups in total. The van der Waals surface area contributed by atoms with Crippen LogP contribution in [0.5, 0.6) is 5.75 Å². The average Bonchev–Trinajstić information content (AvgIpc) is 2.60. The average molecular weight is 338 g/mol. The number of aliphatic imine (C=N–C) groups is 1. The summed E-state index contributed by atoms with van der Waals surface area (Å²) in [5.41, 5.74) is 13.1. The Hall–Kier alpha value is -3.68. The summed E-state index contributed by atoms with van der Waals surface area (Å²) in [5, 5.41) is 10.8. The van der Waals surface area contributed by atoms with Crippen LogP contribution in [0.25, 0.3) is 5.57 Å². The summed E-state index contributed by atoms with van der Waals surface area (Å²) in [7, 11) is 0. The normalized spacial score (nSPS) is 12.4. The Morgan fingerprint density at radius 1 is 1.16 bits per heavy atom. The molecule has 0 atom stereocenters. The fraction of sp³-hybridized carbons (Fsp3) is 0.0588. The molecule has 1 amide bonds. The number of nitro benzene ring substituents is 1. The monoisotopic (exact) mass is 338 g/mol. The first-order valence-electron chi connectivity index (χ1n) is 7.32. The lowest BCUT2D eigenvalue weighted by molar-refractivity contribution is -0.384. The number of carbonyl (C=O) groups is 1. The van der Waals surface area contributed by atoms with Crippen molar-refractivity contribution in [3.63, 3.8) is 0 Å². The number of benzene rings is 2. The zero-order valence-corrected chi connectivity index (χ0v) is 13.0. The molecule has 126 valence electrons. The van der Waals surface area contributed by atoms with E-state index in [1.807, 2.05) is 6.08 Å². The van der Waals surface area contributed by atoms with Gasteiger partial charge in [0, 0.05) is 23.3 Å². The zero-order valence-electron chi connectivity index (χ0n) is 13.0. The predicted octanol–water partition coefficient (Wildman–Crippen LogP) is 1.83. The van der Waals surface area contributed by atoms with Gasteiger partial charge in [-0.05, 0) is 47.5 Å². The Kier molecular flexibility index (Phi) is 4.17. The second-order valence-corrected chi connectivity index (χ2v) is 5.29. The molecule has 0 aliphatic carbocycles. The van der Waals surface area contributed by atoms with E-state index in [0.717, 1.165) is 11.1 Å². The minimum Gasteiger partial charge on any atom is -0.489 e. The second kappa shape index (κ2) is 6.44. The molecule has 0 aromatic heterocycles. The van der Waals surface area contributed by atoms with Crippen molar-refractivity contribution in [3.05, 3.63) is 75.3 Å². The standard InChI is InChI=1S/C17H14N4O4/c18-17(19)20-16(22)11-3-6-15-14(9-11)13(7-8-25-15)10-1-4-12(5-2-10)21(23)24/h1-7,9H,8H2,(H4,18,19,20,22). The van der Waals surface area contributed by atoms with Crippen LogP contribution in [0, 0.1) is 10.1 Å². The van der Waals surface area contributed by atoms with E-state index in [0.29, 0.717) is 23.5 Å². The number of nitro groups is 1. The lowest BCUT2D eigenvalue weighted by Crippen LogP contribution is -2.24. The van der Waals surface area contributed by atoms with Crippen LogP contribution in [0.4, 0.5) is 5.69 Å². The van der Waals surface area contributed by atoms with Crippen LogP contribution >= 0.6 is 0 Å². The molecule has 25 heavy (non-hydrogen) atoms. The number of rotatable bonds is 3. The first kappa shape index (κ1) is 16.2. The highest BCUT2D eigenvalue weighted by Gasteiger charge is 2.18. The minimum absolute atomic E-state index is 0.00770. The number of fused-ring (bicyclic) bond motifs is 1. The third kappa shape index (κ3) is 3.32. The molecule has 8 heteroatoms. The maximum absolute atomic E-state index is 12.0. The molecule has 0 unspecified atom stereocenters. The number of guanidine groups is 1. The Morgan fingerprint density at radius 3 is 2.52 bits per heavy atom. The van der Waals surface area contributed by atoms with E-state index in [2.05, 4.69) is 4.99 Å². The third-order valence-corrected chi connectivity index (χ3v) is 3.66. The molecule has 1 heterocycles. The molecular weight excluding hydrogens is 324 g/mol. The number of non-ortho nitro benzene ring substituents is 1. The number of ether oxygens (including phenoxy) is 1. The summed E-state index contributed by atoms with van der Waals surface area (Å²) < 4.78 is 5.57. The predicted molar refractivity (Wildman–Crippen MR) is 92.3 cm³/mol. The molecule has 0 spiro atoms. The van der Waals surface area contributed by atoms with Crippen molar-refractivity contribution < 1.29 is 14.5 Å². The van der Waals surface area contributed by atoms with Crippen molar-refractivity contribution in [2.75, 3.05) is 6.61 Å². The van der Waals surface area contributed by atoms with Crippen molar-refractivity contribution >= 4 is 23.1 Å². The van der Waals surface area contributed by atoms with Gasteiger partial charge in [-0.1, -0.05) is 0 Å². The topological polar surface area (TPSA) is 134 Å². The smallest absolute Gasteiger partial charge is 0.280 e. The molecule has 8 nitrogen and oxygen atoms in total. The van der Waals surface area contributed by atoms with Crippen LogP contribution in [-0.2, 0) is 0 Å². The van der Waals surface area contributed by atoms with Gasteiger partial charge >= 0.3 is 0 Å². The van der Waals surface area contributed by atoms with Crippen LogP contribution in [0.1, 0.15) is 21.5 Å². The lowest BCUT2D eigenvalue weighted by Gasteiger charge is -2.19. The molecular formula is C17H14N4O4. The van der Waals surface area contributed by atoms with Crippen LogP contribution in [0.3, 0.4) is 0 Å². The molecule has 0 bridgehead atoms. The van der Waals surface area contributed by atoms with E-state index in [9.17, 15) is 14.9 Å². The van der Waals surface area contributed by atoms with E-state index in [1.54, 1.807) is 30.3 Å². The maximum atomic E-state index is 12.0. The van der Waals surface area contributed by atoms with Gasteiger partial charge in [-0.2, -0.15) is 4.99 Å². The first-order valence-corrected chi connectivity index (χ1v) is 7.32. The Bertz CT molecular complexity index is 913. The largest absolute Gasteiger partial charge is 0.489 e. The van der Waals surface area contributed by atoms with Crippen molar-refractivity contribution in [1.82, 2.24) is 0 Å². The molecule has 3 rings (SSSR count). The highest BCUT2D eigenvalue weighted by molar-refractivity contribution is 6.03. The SMILES string of the molecule is NC(N)=NC(=O)c1ccc2c(c1)C(c1ccc([N+](=O)[O-])cc1)=CCO2. The molecule has 2 aromatic rings. The van der Waals surface area contributed by atoms with E-state index < -0.39 is 10.8 Å². The summed E-state index contributed by atoms with van der Waals surface area (Å²) in [5.74, 6) is -0.265. The van der Waals surface area contributed by atoms with Gasteiger partial charge in [0.1, 0.15) is 12.4 Å². The van der Waals surface area contributed by atoms with Gasteiger partial charge in [-0.3, -0.25) is 14.9 Å². The van der Waals surface area contributed by atoms with E-state index in [4.69, 9.17) is 16.2 Å². The van der Waals surface area contributed by atoms with Crippen LogP contribution in [0.15, 0.2) is 53.5 Å². The number of amides is 1. The van der Waals surface area contributed by atoms with Crippen molar-refractivity contribution in [2.45, 2.75) is 0 Å². The minimum atomic E-state index is -0.559. The zero-order chi connectivity index (χ0) is 18.0. The Balaban J connectivity index is 2.02. The van der Waals surface area contributed by atoms with Crippen molar-refractivity contribution in [1.29, 1.82) is 0 Å². The van der Waals surface area contributed by atoms with Gasteiger partial charge in [-0.15, -0.1) is 0 Å². The first-order chi connectivity index (χ1) is 12.0. The fourth-order valence-corrected chi connectivity index (χ4v) is 2.54. The quantitative estimate of drug-likeness (QED) is 0.379. The second-order valence-electron chi connectivity index (χ2n) is 5.29. The van der Waals surface area contributed by atoms with Gasteiger partial charge in [0.15, 0.2) is 5.96 Å². The number of hydrogen-bond donors (Lipinski definition) is 2. The van der Waals surface area contributed by atoms with Crippen molar-refractivity contribution in [2.24, 2.45) is 16.5 Å². The summed E-state index contributed by atoms with van der Waals surface area (Å²) >= 11 is 0. The molecule has 0 radical (unpaired) electrons. The van der Waals surface area contributed by atoms with E-state index in [1.165, 1.54) is 12.1 Å². The fourth-order valence-electron chi connectivity index (χ4n) is 2.54. The summed E-state index contributed by atoms with van der Waals surface area (Å²) in [6.45, 7) is 0.362. The molecule has 0 fully saturated rings. The van der Waals surface area contributed by atoms with E-state index >= 15 is 0 Å². The van der Waals surface area contributed by atoms with Gasteiger partial charge < -0.3 is 16.2 Å². The van der Waals surface area contributed by atoms with Crippen molar-refractivity contribution in [3.8, 4) is 5.75 Å².